The third kappa shape index (κ3) is 1.84. The van der Waals surface area contributed by atoms with Crippen LogP contribution in [0.4, 0.5) is 0 Å². The third-order valence-electron chi connectivity index (χ3n) is 4.55. The SMILES string of the molecule is COC(=O)C1C=CC=C2C(C)(C)CCCC21C. The van der Waals surface area contributed by atoms with E-state index in [1.807, 2.05) is 12.2 Å². The van der Waals surface area contributed by atoms with Gasteiger partial charge in [0.05, 0.1) is 13.0 Å². The van der Waals surface area contributed by atoms with Crippen molar-refractivity contribution >= 4 is 5.97 Å². The van der Waals surface area contributed by atoms with Crippen LogP contribution in [0.1, 0.15) is 40.0 Å². The van der Waals surface area contributed by atoms with Crippen molar-refractivity contribution in [2.24, 2.45) is 16.7 Å². The van der Waals surface area contributed by atoms with Crippen LogP contribution in [-0.4, -0.2) is 13.1 Å². The number of hydrogen-bond donors (Lipinski definition) is 0. The lowest BCUT2D eigenvalue weighted by Gasteiger charge is -2.49. The molecule has 2 aliphatic carbocycles. The predicted octanol–water partition coefficient (Wildman–Crippen LogP) is 3.49. The smallest absolute Gasteiger partial charge is 0.313 e. The zero-order valence-electron chi connectivity index (χ0n) is 11.2. The van der Waals surface area contributed by atoms with Crippen LogP contribution in [0.5, 0.6) is 0 Å². The number of fused-ring (bicyclic) bond motifs is 1. The van der Waals surface area contributed by atoms with E-state index in [4.69, 9.17) is 4.74 Å². The van der Waals surface area contributed by atoms with Crippen LogP contribution < -0.4 is 0 Å². The normalized spacial score (nSPS) is 34.8. The highest BCUT2D eigenvalue weighted by atomic mass is 16.5. The maximum atomic E-state index is 11.9. The standard InChI is InChI=1S/C15H22O2/c1-14(2)9-6-10-15(3)11(13(16)17-4)7-5-8-12(14)15/h5,7-8,11H,6,9-10H2,1-4H3. The zero-order chi connectivity index (χ0) is 12.7. The van der Waals surface area contributed by atoms with Crippen LogP contribution in [0.3, 0.4) is 0 Å². The van der Waals surface area contributed by atoms with Gasteiger partial charge in [0.1, 0.15) is 0 Å². The number of carbonyl (C=O) groups is 1. The summed E-state index contributed by atoms with van der Waals surface area (Å²) in [5.74, 6) is -0.223. The highest BCUT2D eigenvalue weighted by Gasteiger charge is 2.49. The monoisotopic (exact) mass is 234 g/mol. The molecule has 0 amide bonds. The molecule has 0 heterocycles. The van der Waals surface area contributed by atoms with Gasteiger partial charge in [-0.15, -0.1) is 0 Å². The second-order valence-electron chi connectivity index (χ2n) is 6.12. The summed E-state index contributed by atoms with van der Waals surface area (Å²) in [6.45, 7) is 6.78. The lowest BCUT2D eigenvalue weighted by Crippen LogP contribution is -2.43. The summed E-state index contributed by atoms with van der Waals surface area (Å²) in [4.78, 5) is 11.9. The topological polar surface area (TPSA) is 26.3 Å². The molecule has 0 aromatic carbocycles. The van der Waals surface area contributed by atoms with E-state index in [-0.39, 0.29) is 22.7 Å². The molecule has 2 nitrogen and oxygen atoms in total. The Labute approximate surface area is 104 Å². The van der Waals surface area contributed by atoms with Gasteiger partial charge in [-0.25, -0.2) is 0 Å². The van der Waals surface area contributed by atoms with Gasteiger partial charge in [-0.05, 0) is 18.3 Å². The van der Waals surface area contributed by atoms with Crippen LogP contribution in [-0.2, 0) is 9.53 Å². The van der Waals surface area contributed by atoms with Crippen molar-refractivity contribution in [3.63, 3.8) is 0 Å². The number of allylic oxidation sites excluding steroid dienone is 3. The molecule has 1 fully saturated rings. The van der Waals surface area contributed by atoms with Crippen molar-refractivity contribution < 1.29 is 9.53 Å². The van der Waals surface area contributed by atoms with Gasteiger partial charge in [0.15, 0.2) is 0 Å². The van der Waals surface area contributed by atoms with Crippen molar-refractivity contribution in [2.75, 3.05) is 7.11 Å². The van der Waals surface area contributed by atoms with E-state index in [9.17, 15) is 4.79 Å². The second-order valence-corrected chi connectivity index (χ2v) is 6.12. The minimum Gasteiger partial charge on any atom is -0.469 e. The highest BCUT2D eigenvalue weighted by Crippen LogP contribution is 2.56. The van der Waals surface area contributed by atoms with Gasteiger partial charge in [0.2, 0.25) is 0 Å². The van der Waals surface area contributed by atoms with Gasteiger partial charge >= 0.3 is 5.97 Å². The fourth-order valence-electron chi connectivity index (χ4n) is 3.62. The van der Waals surface area contributed by atoms with Gasteiger partial charge in [-0.3, -0.25) is 4.79 Å². The molecule has 2 aliphatic rings. The van der Waals surface area contributed by atoms with Gasteiger partial charge < -0.3 is 4.74 Å². The molecule has 2 atom stereocenters. The number of ether oxygens (including phenoxy) is 1. The first-order valence-corrected chi connectivity index (χ1v) is 6.39. The summed E-state index contributed by atoms with van der Waals surface area (Å²) in [7, 11) is 1.48. The number of esters is 1. The summed E-state index contributed by atoms with van der Waals surface area (Å²) in [6.07, 6.45) is 9.69. The first kappa shape index (κ1) is 12.4. The van der Waals surface area contributed by atoms with E-state index < -0.39 is 0 Å². The van der Waals surface area contributed by atoms with Gasteiger partial charge in [-0.2, -0.15) is 0 Å². The van der Waals surface area contributed by atoms with Gasteiger partial charge in [-0.1, -0.05) is 51.0 Å². The average Bonchev–Trinajstić information content (AvgIpc) is 2.26. The largest absolute Gasteiger partial charge is 0.469 e. The molecule has 0 N–H and O–H groups in total. The van der Waals surface area contributed by atoms with Crippen LogP contribution in [0.25, 0.3) is 0 Å². The Bertz CT molecular complexity index is 390. The number of rotatable bonds is 1. The zero-order valence-corrected chi connectivity index (χ0v) is 11.2. The molecule has 0 bridgehead atoms. The van der Waals surface area contributed by atoms with Crippen molar-refractivity contribution in [1.82, 2.24) is 0 Å². The van der Waals surface area contributed by atoms with Crippen LogP contribution in [0.15, 0.2) is 23.8 Å². The second kappa shape index (κ2) is 4.01. The summed E-state index contributed by atoms with van der Waals surface area (Å²) < 4.78 is 4.95. The Morgan fingerprint density at radius 2 is 2.06 bits per heavy atom. The molecule has 94 valence electrons. The number of hydrogen-bond acceptors (Lipinski definition) is 2. The molecule has 17 heavy (non-hydrogen) atoms. The minimum atomic E-state index is -0.118. The molecule has 0 aromatic heterocycles. The lowest BCUT2D eigenvalue weighted by atomic mass is 9.54. The highest BCUT2D eigenvalue weighted by molar-refractivity contribution is 5.77. The Morgan fingerprint density at radius 1 is 1.35 bits per heavy atom. The van der Waals surface area contributed by atoms with E-state index in [1.54, 1.807) is 0 Å². The summed E-state index contributed by atoms with van der Waals surface area (Å²) in [6, 6.07) is 0. The summed E-state index contributed by atoms with van der Waals surface area (Å²) in [5, 5.41) is 0. The molecule has 0 radical (unpaired) electrons. The van der Waals surface area contributed by atoms with E-state index in [2.05, 4.69) is 26.8 Å². The molecule has 2 rings (SSSR count). The van der Waals surface area contributed by atoms with Crippen molar-refractivity contribution in [3.8, 4) is 0 Å². The minimum absolute atomic E-state index is 0.0520. The van der Waals surface area contributed by atoms with E-state index >= 15 is 0 Å². The number of carbonyl (C=O) groups excluding carboxylic acids is 1. The molecule has 0 aliphatic heterocycles. The average molecular weight is 234 g/mol. The molecule has 2 heteroatoms. The summed E-state index contributed by atoms with van der Waals surface area (Å²) >= 11 is 0. The maximum Gasteiger partial charge on any atom is 0.313 e. The molecule has 1 saturated carbocycles. The van der Waals surface area contributed by atoms with Crippen LogP contribution in [0, 0.1) is 16.7 Å². The van der Waals surface area contributed by atoms with Crippen molar-refractivity contribution in [3.05, 3.63) is 23.8 Å². The Morgan fingerprint density at radius 3 is 2.71 bits per heavy atom. The van der Waals surface area contributed by atoms with E-state index in [0.29, 0.717) is 0 Å². The lowest BCUT2D eigenvalue weighted by molar-refractivity contribution is -0.147. The van der Waals surface area contributed by atoms with Crippen LogP contribution >= 0.6 is 0 Å². The number of methoxy groups -OCH3 is 1. The molecule has 0 saturated heterocycles. The quantitative estimate of drug-likeness (QED) is 0.649. The van der Waals surface area contributed by atoms with Crippen molar-refractivity contribution in [2.45, 2.75) is 40.0 Å². The van der Waals surface area contributed by atoms with E-state index in [0.717, 1.165) is 6.42 Å². The fourth-order valence-corrected chi connectivity index (χ4v) is 3.62. The predicted molar refractivity (Wildman–Crippen MR) is 68.5 cm³/mol. The third-order valence-corrected chi connectivity index (χ3v) is 4.55. The first-order chi connectivity index (χ1) is 7.92. The van der Waals surface area contributed by atoms with E-state index in [1.165, 1.54) is 25.5 Å². The molecule has 0 spiro atoms. The Kier molecular flexibility index (Phi) is 2.92. The Hall–Kier alpha value is -1.05. The van der Waals surface area contributed by atoms with Gasteiger partial charge in [0, 0.05) is 5.41 Å². The first-order valence-electron chi connectivity index (χ1n) is 6.39. The molecular weight excluding hydrogens is 212 g/mol. The van der Waals surface area contributed by atoms with Crippen molar-refractivity contribution in [1.29, 1.82) is 0 Å². The van der Waals surface area contributed by atoms with Gasteiger partial charge in [0.25, 0.3) is 0 Å². The molecule has 2 unspecified atom stereocenters. The maximum absolute atomic E-state index is 11.9. The summed E-state index contributed by atoms with van der Waals surface area (Å²) in [5.41, 5.74) is 1.56. The Balaban J connectivity index is 2.42. The molecular formula is C15H22O2. The van der Waals surface area contributed by atoms with Crippen LogP contribution in [0.2, 0.25) is 0 Å². The molecule has 0 aromatic rings. The fraction of sp³-hybridized carbons (Fsp3) is 0.667.